The summed E-state index contributed by atoms with van der Waals surface area (Å²) in [4.78, 5) is 29.8. The van der Waals surface area contributed by atoms with Gasteiger partial charge in [-0.25, -0.2) is 15.0 Å². The lowest BCUT2D eigenvalue weighted by molar-refractivity contribution is 0.0765. The van der Waals surface area contributed by atoms with Gasteiger partial charge in [0.1, 0.15) is 6.33 Å². The Balaban J connectivity index is 1.71. The van der Waals surface area contributed by atoms with Crippen molar-refractivity contribution < 1.29 is 4.79 Å². The molecule has 3 heterocycles. The molecule has 0 aromatic carbocycles. The number of aromatic nitrogens is 3. The maximum absolute atomic E-state index is 12.8. The normalized spacial score (nSPS) is 15.6. The van der Waals surface area contributed by atoms with Gasteiger partial charge in [0.2, 0.25) is 0 Å². The second-order valence-electron chi connectivity index (χ2n) is 5.64. The average molecular weight is 331 g/mol. The molecule has 122 valence electrons. The van der Waals surface area contributed by atoms with Crippen molar-refractivity contribution in [2.75, 3.05) is 31.1 Å². The summed E-state index contributed by atoms with van der Waals surface area (Å²) in [5.41, 5.74) is 2.51. The zero-order chi connectivity index (χ0) is 16.2. The topological polar surface area (TPSA) is 62.2 Å². The Morgan fingerprint density at radius 2 is 2.17 bits per heavy atom. The van der Waals surface area contributed by atoms with Gasteiger partial charge in [-0.3, -0.25) is 4.79 Å². The standard InChI is InChI=1S/C16H21N5OS/c1-3-14-13(9-17-11-18-14)15(22)20-5-4-6-21(8-7-20)16-19-12(2)10-23-16/h9-11H,3-8H2,1-2H3. The lowest BCUT2D eigenvalue weighted by Crippen LogP contribution is -2.35. The van der Waals surface area contributed by atoms with Gasteiger partial charge >= 0.3 is 0 Å². The highest BCUT2D eigenvalue weighted by Crippen LogP contribution is 2.22. The first kappa shape index (κ1) is 15.9. The molecule has 3 rings (SSSR count). The molecule has 0 radical (unpaired) electrons. The second-order valence-corrected chi connectivity index (χ2v) is 6.48. The number of amides is 1. The van der Waals surface area contributed by atoms with E-state index in [1.165, 1.54) is 6.33 Å². The van der Waals surface area contributed by atoms with E-state index in [-0.39, 0.29) is 5.91 Å². The van der Waals surface area contributed by atoms with Crippen LogP contribution in [-0.2, 0) is 6.42 Å². The van der Waals surface area contributed by atoms with Crippen LogP contribution in [-0.4, -0.2) is 51.9 Å². The number of nitrogens with zero attached hydrogens (tertiary/aromatic N) is 5. The van der Waals surface area contributed by atoms with E-state index in [1.807, 2.05) is 18.7 Å². The van der Waals surface area contributed by atoms with Crippen LogP contribution in [0.5, 0.6) is 0 Å². The van der Waals surface area contributed by atoms with Crippen LogP contribution < -0.4 is 4.90 Å². The molecule has 0 N–H and O–H groups in total. The largest absolute Gasteiger partial charge is 0.346 e. The lowest BCUT2D eigenvalue weighted by Gasteiger charge is -2.22. The third-order valence-corrected chi connectivity index (χ3v) is 5.04. The van der Waals surface area contributed by atoms with Crippen LogP contribution in [0.2, 0.25) is 0 Å². The first-order valence-electron chi connectivity index (χ1n) is 7.94. The summed E-state index contributed by atoms with van der Waals surface area (Å²) in [6, 6.07) is 0. The Bertz CT molecular complexity index is 687. The molecule has 0 spiro atoms. The van der Waals surface area contributed by atoms with Crippen molar-refractivity contribution in [3.8, 4) is 0 Å². The highest BCUT2D eigenvalue weighted by atomic mass is 32.1. The van der Waals surface area contributed by atoms with E-state index in [2.05, 4.69) is 25.2 Å². The van der Waals surface area contributed by atoms with E-state index in [4.69, 9.17) is 0 Å². The minimum Gasteiger partial charge on any atom is -0.346 e. The van der Waals surface area contributed by atoms with Crippen molar-refractivity contribution in [1.29, 1.82) is 0 Å². The van der Waals surface area contributed by atoms with E-state index < -0.39 is 0 Å². The number of hydrogen-bond acceptors (Lipinski definition) is 6. The number of aryl methyl sites for hydroxylation is 2. The smallest absolute Gasteiger partial charge is 0.257 e. The molecule has 0 bridgehead atoms. The Labute approximate surface area is 140 Å². The third-order valence-electron chi connectivity index (χ3n) is 4.02. The van der Waals surface area contributed by atoms with E-state index >= 15 is 0 Å². The van der Waals surface area contributed by atoms with Crippen LogP contribution in [0, 0.1) is 6.92 Å². The monoisotopic (exact) mass is 331 g/mol. The quantitative estimate of drug-likeness (QED) is 0.862. The minimum absolute atomic E-state index is 0.0413. The summed E-state index contributed by atoms with van der Waals surface area (Å²) < 4.78 is 0. The van der Waals surface area contributed by atoms with Crippen molar-refractivity contribution in [2.45, 2.75) is 26.7 Å². The Morgan fingerprint density at radius 3 is 2.91 bits per heavy atom. The summed E-state index contributed by atoms with van der Waals surface area (Å²) in [5, 5.41) is 3.12. The van der Waals surface area contributed by atoms with E-state index in [9.17, 15) is 4.79 Å². The molecule has 1 amide bonds. The van der Waals surface area contributed by atoms with Gasteiger partial charge in [-0.1, -0.05) is 6.92 Å². The minimum atomic E-state index is 0.0413. The molecule has 1 fully saturated rings. The van der Waals surface area contributed by atoms with E-state index in [0.29, 0.717) is 12.1 Å². The van der Waals surface area contributed by atoms with Gasteiger partial charge < -0.3 is 9.80 Å². The fourth-order valence-electron chi connectivity index (χ4n) is 2.78. The molecule has 0 unspecified atom stereocenters. The molecule has 2 aromatic heterocycles. The van der Waals surface area contributed by atoms with Crippen molar-refractivity contribution >= 4 is 22.4 Å². The summed E-state index contributed by atoms with van der Waals surface area (Å²) in [6.45, 7) is 7.23. The van der Waals surface area contributed by atoms with Gasteiger partial charge in [0.15, 0.2) is 5.13 Å². The number of carbonyl (C=O) groups is 1. The van der Waals surface area contributed by atoms with E-state index in [0.717, 1.165) is 49.0 Å². The molecule has 1 aliphatic heterocycles. The summed E-state index contributed by atoms with van der Waals surface area (Å²) >= 11 is 1.67. The molecule has 1 saturated heterocycles. The highest BCUT2D eigenvalue weighted by Gasteiger charge is 2.23. The van der Waals surface area contributed by atoms with Crippen molar-refractivity contribution in [3.05, 3.63) is 34.9 Å². The zero-order valence-corrected chi connectivity index (χ0v) is 14.3. The van der Waals surface area contributed by atoms with Crippen LogP contribution in [0.3, 0.4) is 0 Å². The van der Waals surface area contributed by atoms with Crippen LogP contribution >= 0.6 is 11.3 Å². The molecule has 23 heavy (non-hydrogen) atoms. The summed E-state index contributed by atoms with van der Waals surface area (Å²) in [7, 11) is 0. The molecule has 7 heteroatoms. The maximum Gasteiger partial charge on any atom is 0.257 e. The number of hydrogen-bond donors (Lipinski definition) is 0. The number of thiazole rings is 1. The predicted octanol–water partition coefficient (Wildman–Crippen LogP) is 2.16. The van der Waals surface area contributed by atoms with Crippen molar-refractivity contribution in [1.82, 2.24) is 19.9 Å². The van der Waals surface area contributed by atoms with Gasteiger partial charge in [0.25, 0.3) is 5.91 Å². The van der Waals surface area contributed by atoms with Crippen LogP contribution in [0.1, 0.15) is 35.1 Å². The fraction of sp³-hybridized carbons (Fsp3) is 0.500. The molecule has 1 aliphatic rings. The molecule has 0 atom stereocenters. The molecular weight excluding hydrogens is 310 g/mol. The van der Waals surface area contributed by atoms with Gasteiger partial charge in [-0.2, -0.15) is 0 Å². The van der Waals surface area contributed by atoms with Gasteiger partial charge in [-0.05, 0) is 19.8 Å². The van der Waals surface area contributed by atoms with Gasteiger partial charge in [-0.15, -0.1) is 11.3 Å². The Morgan fingerprint density at radius 1 is 1.30 bits per heavy atom. The average Bonchev–Trinajstić information content (AvgIpc) is 2.86. The number of anilines is 1. The van der Waals surface area contributed by atoms with Gasteiger partial charge in [0, 0.05) is 37.8 Å². The summed E-state index contributed by atoms with van der Waals surface area (Å²) in [5.74, 6) is 0.0413. The molecular formula is C16H21N5OS. The molecule has 0 aliphatic carbocycles. The second kappa shape index (κ2) is 7.04. The SMILES string of the molecule is CCc1ncncc1C(=O)N1CCCN(c2nc(C)cs2)CC1. The summed E-state index contributed by atoms with van der Waals surface area (Å²) in [6.07, 6.45) is 4.83. The van der Waals surface area contributed by atoms with Crippen LogP contribution in [0.4, 0.5) is 5.13 Å². The highest BCUT2D eigenvalue weighted by molar-refractivity contribution is 7.13. The fourth-order valence-corrected chi connectivity index (χ4v) is 3.64. The molecule has 2 aromatic rings. The number of carbonyl (C=O) groups excluding carboxylic acids is 1. The number of rotatable bonds is 3. The van der Waals surface area contributed by atoms with Gasteiger partial charge in [0.05, 0.1) is 17.0 Å². The Kier molecular flexibility index (Phi) is 4.85. The third kappa shape index (κ3) is 3.50. The van der Waals surface area contributed by atoms with Crippen molar-refractivity contribution in [2.24, 2.45) is 0 Å². The van der Waals surface area contributed by atoms with E-state index in [1.54, 1.807) is 17.5 Å². The first-order valence-corrected chi connectivity index (χ1v) is 8.82. The molecule has 0 saturated carbocycles. The van der Waals surface area contributed by atoms with Crippen molar-refractivity contribution in [3.63, 3.8) is 0 Å². The van der Waals surface area contributed by atoms with Crippen LogP contribution in [0.25, 0.3) is 0 Å². The van der Waals surface area contributed by atoms with Crippen LogP contribution in [0.15, 0.2) is 17.9 Å². The first-order chi connectivity index (χ1) is 11.2. The zero-order valence-electron chi connectivity index (χ0n) is 13.5. The predicted molar refractivity (Wildman–Crippen MR) is 91.0 cm³/mol. The molecule has 6 nitrogen and oxygen atoms in total. The Hall–Kier alpha value is -2.02. The maximum atomic E-state index is 12.8. The lowest BCUT2D eigenvalue weighted by atomic mass is 10.1.